The van der Waals surface area contributed by atoms with Crippen molar-refractivity contribution in [2.24, 2.45) is 0 Å². The number of carbonyl (C=O) groups is 1. The van der Waals surface area contributed by atoms with E-state index in [0.29, 0.717) is 13.0 Å². The van der Waals surface area contributed by atoms with Crippen LogP contribution in [-0.4, -0.2) is 12.4 Å². The van der Waals surface area contributed by atoms with Crippen molar-refractivity contribution >= 4 is 17.2 Å². The maximum Gasteiger partial charge on any atom is 0.163 e. The minimum absolute atomic E-state index is 0.181. The lowest BCUT2D eigenvalue weighted by molar-refractivity contribution is -0.116. The number of nitrogens with one attached hydrogen (secondary N) is 2. The number of allylic oxidation sites excluding steroid dienone is 1. The van der Waals surface area contributed by atoms with E-state index >= 15 is 0 Å². The maximum atomic E-state index is 13.6. The number of hydrogen-bond acceptors (Lipinski definition) is 4. The lowest BCUT2D eigenvalue weighted by Crippen LogP contribution is -2.26. The SMILES string of the molecule is CCCOc1ccc([C@H]2Nc3ccccc3NC3=C2C(=O)C[C@@H](c2ccc(C)cc2)C3)cc1. The quantitative estimate of drug-likeness (QED) is 0.462. The number of rotatable bonds is 5. The lowest BCUT2D eigenvalue weighted by Gasteiger charge is -2.30. The molecule has 2 N–H and O–H groups in total. The molecule has 168 valence electrons. The van der Waals surface area contributed by atoms with Crippen molar-refractivity contribution < 1.29 is 9.53 Å². The Morgan fingerprint density at radius 3 is 2.30 bits per heavy atom. The van der Waals surface area contributed by atoms with E-state index < -0.39 is 0 Å². The summed E-state index contributed by atoms with van der Waals surface area (Å²) in [5.74, 6) is 1.24. The van der Waals surface area contributed by atoms with Crippen molar-refractivity contribution in [1.82, 2.24) is 0 Å². The molecule has 0 saturated carbocycles. The zero-order valence-corrected chi connectivity index (χ0v) is 19.2. The van der Waals surface area contributed by atoms with E-state index in [2.05, 4.69) is 73.0 Å². The first-order valence-corrected chi connectivity index (χ1v) is 11.8. The molecular formula is C29H30N2O2. The fraction of sp³-hybridized carbons (Fsp3) is 0.276. The zero-order valence-electron chi connectivity index (χ0n) is 19.2. The zero-order chi connectivity index (χ0) is 22.8. The monoisotopic (exact) mass is 438 g/mol. The second kappa shape index (κ2) is 9.14. The Morgan fingerprint density at radius 2 is 1.58 bits per heavy atom. The van der Waals surface area contributed by atoms with Crippen LogP contribution in [-0.2, 0) is 4.79 Å². The molecule has 1 heterocycles. The smallest absolute Gasteiger partial charge is 0.163 e. The third-order valence-corrected chi connectivity index (χ3v) is 6.54. The third kappa shape index (κ3) is 4.38. The minimum Gasteiger partial charge on any atom is -0.494 e. The molecule has 3 aromatic carbocycles. The molecule has 0 radical (unpaired) electrons. The van der Waals surface area contributed by atoms with E-state index in [1.54, 1.807) is 0 Å². The summed E-state index contributed by atoms with van der Waals surface area (Å²) >= 11 is 0. The molecule has 0 fully saturated rings. The average Bonchev–Trinajstić information content (AvgIpc) is 3.00. The van der Waals surface area contributed by atoms with Crippen LogP contribution in [0.25, 0.3) is 0 Å². The maximum absolute atomic E-state index is 13.6. The summed E-state index contributed by atoms with van der Waals surface area (Å²) < 4.78 is 5.77. The molecule has 33 heavy (non-hydrogen) atoms. The molecule has 0 saturated heterocycles. The first-order valence-electron chi connectivity index (χ1n) is 11.8. The number of ether oxygens (including phenoxy) is 1. The Morgan fingerprint density at radius 1 is 0.879 bits per heavy atom. The third-order valence-electron chi connectivity index (χ3n) is 6.54. The lowest BCUT2D eigenvalue weighted by atomic mass is 9.78. The number of carbonyl (C=O) groups excluding carboxylic acids is 1. The van der Waals surface area contributed by atoms with Gasteiger partial charge in [0.2, 0.25) is 0 Å². The number of hydrogen-bond donors (Lipinski definition) is 2. The van der Waals surface area contributed by atoms with Gasteiger partial charge in [-0.25, -0.2) is 0 Å². The van der Waals surface area contributed by atoms with Crippen molar-refractivity contribution in [2.45, 2.75) is 45.1 Å². The van der Waals surface area contributed by atoms with Crippen LogP contribution in [0.1, 0.15) is 54.8 Å². The number of para-hydroxylation sites is 2. The fourth-order valence-electron chi connectivity index (χ4n) is 4.79. The van der Waals surface area contributed by atoms with Crippen LogP contribution < -0.4 is 15.4 Å². The van der Waals surface area contributed by atoms with Crippen molar-refractivity contribution in [1.29, 1.82) is 0 Å². The molecule has 0 spiro atoms. The normalized spacial score (nSPS) is 19.6. The summed E-state index contributed by atoms with van der Waals surface area (Å²) in [5, 5.41) is 7.26. The Balaban J connectivity index is 1.53. The van der Waals surface area contributed by atoms with Gasteiger partial charge in [0.25, 0.3) is 0 Å². The van der Waals surface area contributed by atoms with E-state index in [1.807, 2.05) is 24.3 Å². The first kappa shape index (κ1) is 21.3. The summed E-state index contributed by atoms with van der Waals surface area (Å²) in [4.78, 5) is 13.6. The molecule has 2 aliphatic rings. The number of aryl methyl sites for hydroxylation is 1. The standard InChI is InChI=1S/C29H30N2O2/c1-3-16-33-23-14-12-21(13-15-23)29-28-26(30-24-6-4-5-7-25(24)31-29)17-22(18-27(28)32)20-10-8-19(2)9-11-20/h4-15,22,29-31H,3,16-18H2,1-2H3/t22-,29+/m0/s1. The van der Waals surface area contributed by atoms with Gasteiger partial charge in [-0.15, -0.1) is 0 Å². The second-order valence-corrected chi connectivity index (χ2v) is 9.00. The molecule has 3 aromatic rings. The Labute approximate surface area is 195 Å². The predicted molar refractivity (Wildman–Crippen MR) is 134 cm³/mol. The Bertz CT molecular complexity index is 1180. The molecule has 0 bridgehead atoms. The largest absolute Gasteiger partial charge is 0.494 e. The van der Waals surface area contributed by atoms with Crippen molar-refractivity contribution in [3.63, 3.8) is 0 Å². The summed E-state index contributed by atoms with van der Waals surface area (Å²) in [6, 6.07) is 24.7. The van der Waals surface area contributed by atoms with Crippen molar-refractivity contribution in [2.75, 3.05) is 17.2 Å². The van der Waals surface area contributed by atoms with Gasteiger partial charge in [0.1, 0.15) is 5.75 Å². The predicted octanol–water partition coefficient (Wildman–Crippen LogP) is 6.76. The molecule has 0 aromatic heterocycles. The van der Waals surface area contributed by atoms with Gasteiger partial charge in [-0.05, 0) is 61.1 Å². The molecule has 0 amide bonds. The van der Waals surface area contributed by atoms with Crippen LogP contribution in [0, 0.1) is 6.92 Å². The number of benzene rings is 3. The van der Waals surface area contributed by atoms with Gasteiger partial charge in [-0.3, -0.25) is 4.79 Å². The van der Waals surface area contributed by atoms with Crippen LogP contribution in [0.5, 0.6) is 5.75 Å². The highest BCUT2D eigenvalue weighted by atomic mass is 16.5. The topological polar surface area (TPSA) is 50.4 Å². The van der Waals surface area contributed by atoms with Crippen molar-refractivity contribution in [3.8, 4) is 5.75 Å². The van der Waals surface area contributed by atoms with Gasteiger partial charge in [0, 0.05) is 17.7 Å². The number of Topliss-reactive ketones (excluding diaryl/α,β-unsaturated/α-hetero) is 1. The van der Waals surface area contributed by atoms with Crippen LogP contribution in [0.3, 0.4) is 0 Å². The molecule has 1 aliphatic heterocycles. The number of fused-ring (bicyclic) bond motifs is 1. The number of anilines is 2. The number of ketones is 1. The first-order chi connectivity index (χ1) is 16.1. The van der Waals surface area contributed by atoms with E-state index in [0.717, 1.165) is 46.8 Å². The molecule has 5 rings (SSSR count). The summed E-state index contributed by atoms with van der Waals surface area (Å²) in [6.07, 6.45) is 2.31. The van der Waals surface area contributed by atoms with Gasteiger partial charge in [0.15, 0.2) is 5.78 Å². The molecule has 2 atom stereocenters. The second-order valence-electron chi connectivity index (χ2n) is 9.00. The van der Waals surface area contributed by atoms with Gasteiger partial charge in [-0.2, -0.15) is 0 Å². The van der Waals surface area contributed by atoms with E-state index in [9.17, 15) is 4.79 Å². The summed E-state index contributed by atoms with van der Waals surface area (Å²) in [5.41, 5.74) is 7.39. The van der Waals surface area contributed by atoms with E-state index in [-0.39, 0.29) is 17.7 Å². The van der Waals surface area contributed by atoms with E-state index in [1.165, 1.54) is 11.1 Å². The molecule has 4 nitrogen and oxygen atoms in total. The molecule has 4 heteroatoms. The Hall–Kier alpha value is -3.53. The van der Waals surface area contributed by atoms with E-state index in [4.69, 9.17) is 4.74 Å². The van der Waals surface area contributed by atoms with Crippen LogP contribution in [0.15, 0.2) is 84.1 Å². The highest BCUT2D eigenvalue weighted by Gasteiger charge is 2.36. The summed E-state index contributed by atoms with van der Waals surface area (Å²) in [6.45, 7) is 4.89. The summed E-state index contributed by atoms with van der Waals surface area (Å²) in [7, 11) is 0. The van der Waals surface area contributed by atoms with Gasteiger partial charge in [0.05, 0.1) is 24.0 Å². The Kier molecular flexibility index (Phi) is 5.91. The highest BCUT2D eigenvalue weighted by molar-refractivity contribution is 6.01. The molecule has 0 unspecified atom stereocenters. The van der Waals surface area contributed by atoms with Crippen molar-refractivity contribution in [3.05, 3.63) is 101 Å². The molecular weight excluding hydrogens is 408 g/mol. The van der Waals surface area contributed by atoms with Gasteiger partial charge >= 0.3 is 0 Å². The van der Waals surface area contributed by atoms with Gasteiger partial charge in [-0.1, -0.05) is 61.0 Å². The van der Waals surface area contributed by atoms with Crippen LogP contribution >= 0.6 is 0 Å². The minimum atomic E-state index is -0.206. The van der Waals surface area contributed by atoms with Crippen LogP contribution in [0.4, 0.5) is 11.4 Å². The highest BCUT2D eigenvalue weighted by Crippen LogP contribution is 2.44. The van der Waals surface area contributed by atoms with Crippen LogP contribution in [0.2, 0.25) is 0 Å². The average molecular weight is 439 g/mol. The fourth-order valence-corrected chi connectivity index (χ4v) is 4.79. The van der Waals surface area contributed by atoms with Gasteiger partial charge < -0.3 is 15.4 Å². The molecule has 1 aliphatic carbocycles.